The number of fused-ring (bicyclic) bond motifs is 1. The Balaban J connectivity index is 0.00000176. The molecule has 2 aromatic rings. The highest BCUT2D eigenvalue weighted by Gasteiger charge is 2.32. The number of hydrogen-bond donors (Lipinski definition) is 1. The molecule has 1 aromatic carbocycles. The van der Waals surface area contributed by atoms with Crippen LogP contribution in [0.3, 0.4) is 0 Å². The maximum atomic E-state index is 13.9. The van der Waals surface area contributed by atoms with Crippen molar-refractivity contribution >= 4 is 22.7 Å². The van der Waals surface area contributed by atoms with Gasteiger partial charge in [-0.2, -0.15) is 5.10 Å². The van der Waals surface area contributed by atoms with Crippen LogP contribution in [0, 0.1) is 5.82 Å². The lowest BCUT2D eigenvalue weighted by Gasteiger charge is -2.19. The van der Waals surface area contributed by atoms with Gasteiger partial charge in [0.25, 0.3) is 0 Å². The van der Waals surface area contributed by atoms with Gasteiger partial charge in [-0.3, -0.25) is 19.6 Å². The molecule has 6 heteroatoms. The third kappa shape index (κ3) is 2.11. The minimum atomic E-state index is -0.457. The van der Waals surface area contributed by atoms with Crippen LogP contribution >= 0.6 is 0 Å². The van der Waals surface area contributed by atoms with Crippen molar-refractivity contribution in [2.24, 2.45) is 7.05 Å². The molecule has 2 amide bonds. The summed E-state index contributed by atoms with van der Waals surface area (Å²) in [4.78, 5) is 23.3. The molecule has 3 rings (SSSR count). The Morgan fingerprint density at radius 1 is 1.48 bits per heavy atom. The fourth-order valence-corrected chi connectivity index (χ4v) is 3.00. The van der Waals surface area contributed by atoms with E-state index >= 15 is 0 Å². The molecule has 1 atom stereocenters. The van der Waals surface area contributed by atoms with E-state index in [1.807, 2.05) is 6.92 Å². The van der Waals surface area contributed by atoms with E-state index in [1.54, 1.807) is 17.8 Å². The van der Waals surface area contributed by atoms with Gasteiger partial charge in [0.05, 0.1) is 17.1 Å². The van der Waals surface area contributed by atoms with Crippen molar-refractivity contribution in [1.29, 1.82) is 0 Å². The molecule has 1 saturated heterocycles. The van der Waals surface area contributed by atoms with E-state index in [1.165, 1.54) is 6.07 Å². The van der Waals surface area contributed by atoms with E-state index in [9.17, 15) is 14.0 Å². The summed E-state index contributed by atoms with van der Waals surface area (Å²) < 4.78 is 15.5. The van der Waals surface area contributed by atoms with Crippen molar-refractivity contribution in [2.45, 2.75) is 32.1 Å². The molecule has 1 aliphatic heterocycles. The molecule has 1 fully saturated rings. The van der Waals surface area contributed by atoms with E-state index in [0.717, 1.165) is 10.9 Å². The summed E-state index contributed by atoms with van der Waals surface area (Å²) in [7, 11) is 1.75. The van der Waals surface area contributed by atoms with Gasteiger partial charge in [-0.1, -0.05) is 6.92 Å². The number of nitrogens with zero attached hydrogens (tertiary/aromatic N) is 2. The van der Waals surface area contributed by atoms with Crippen LogP contribution in [0.15, 0.2) is 12.1 Å². The number of carbonyl (C=O) groups excluding carboxylic acids is 2. The van der Waals surface area contributed by atoms with E-state index in [4.69, 9.17) is 0 Å². The number of rotatable bonds is 2. The zero-order valence-electron chi connectivity index (χ0n) is 11.9. The third-order valence-electron chi connectivity index (χ3n) is 4.01. The average molecular weight is 291 g/mol. The van der Waals surface area contributed by atoms with Crippen molar-refractivity contribution in [3.63, 3.8) is 0 Å². The zero-order chi connectivity index (χ0) is 15.1. The number of amides is 2. The van der Waals surface area contributed by atoms with Gasteiger partial charge in [-0.05, 0) is 25.0 Å². The molecular weight excluding hydrogens is 273 g/mol. The van der Waals surface area contributed by atoms with Crippen molar-refractivity contribution in [1.82, 2.24) is 15.1 Å². The number of benzene rings is 1. The molecule has 1 unspecified atom stereocenters. The molecule has 1 aliphatic rings. The number of piperidine rings is 1. The number of aromatic nitrogens is 2. The fourth-order valence-electron chi connectivity index (χ4n) is 3.00. The number of hydrogen-bond acceptors (Lipinski definition) is 3. The first-order valence-corrected chi connectivity index (χ1v) is 7.00. The Kier molecular flexibility index (Phi) is 3.23. The molecule has 112 valence electrons. The zero-order valence-corrected chi connectivity index (χ0v) is 11.9. The molecule has 21 heavy (non-hydrogen) atoms. The summed E-state index contributed by atoms with van der Waals surface area (Å²) in [6.45, 7) is 1.89. The normalized spacial score (nSPS) is 19.1. The Hall–Kier alpha value is -2.24. The minimum Gasteiger partial charge on any atom is -0.296 e. The summed E-state index contributed by atoms with van der Waals surface area (Å²) in [6, 6.07) is 3.08. The SMILES string of the molecule is CCc1c(F)ccc2c(C3CCC(=O)NC3=O)nn(C)c12.[HH]. The summed E-state index contributed by atoms with van der Waals surface area (Å²) in [5, 5.41) is 7.54. The molecule has 5 nitrogen and oxygen atoms in total. The molecule has 1 N–H and O–H groups in total. The van der Waals surface area contributed by atoms with Crippen LogP contribution in [-0.4, -0.2) is 21.6 Å². The predicted molar refractivity (Wildman–Crippen MR) is 77.3 cm³/mol. The van der Waals surface area contributed by atoms with E-state index < -0.39 is 5.92 Å². The number of nitrogens with one attached hydrogen (secondary N) is 1. The molecule has 0 radical (unpaired) electrons. The minimum absolute atomic E-state index is 0. The van der Waals surface area contributed by atoms with Gasteiger partial charge in [-0.25, -0.2) is 4.39 Å². The first kappa shape index (κ1) is 13.7. The lowest BCUT2D eigenvalue weighted by atomic mass is 9.92. The van der Waals surface area contributed by atoms with Crippen LogP contribution in [0.25, 0.3) is 10.9 Å². The molecule has 0 aliphatic carbocycles. The molecule has 0 saturated carbocycles. The van der Waals surface area contributed by atoms with Crippen molar-refractivity contribution < 1.29 is 15.4 Å². The third-order valence-corrected chi connectivity index (χ3v) is 4.01. The van der Waals surface area contributed by atoms with Crippen LogP contribution in [0.5, 0.6) is 0 Å². The summed E-state index contributed by atoms with van der Waals surface area (Å²) in [5.74, 6) is -1.30. The van der Waals surface area contributed by atoms with E-state index in [2.05, 4.69) is 10.4 Å². The average Bonchev–Trinajstić information content (AvgIpc) is 2.76. The smallest absolute Gasteiger partial charge is 0.235 e. The van der Waals surface area contributed by atoms with Crippen molar-refractivity contribution in [2.75, 3.05) is 0 Å². The first-order valence-electron chi connectivity index (χ1n) is 7.00. The summed E-state index contributed by atoms with van der Waals surface area (Å²) in [6.07, 6.45) is 1.30. The number of carbonyl (C=O) groups is 2. The van der Waals surface area contributed by atoms with Crippen LogP contribution in [0.1, 0.15) is 38.4 Å². The second kappa shape index (κ2) is 4.95. The molecule has 0 spiro atoms. The lowest BCUT2D eigenvalue weighted by Crippen LogP contribution is -2.39. The number of halogens is 1. The predicted octanol–water partition coefficient (Wildman–Crippen LogP) is 2.04. The Labute approximate surface area is 122 Å². The summed E-state index contributed by atoms with van der Waals surface area (Å²) in [5.41, 5.74) is 1.94. The van der Waals surface area contributed by atoms with Crippen LogP contribution in [0.4, 0.5) is 4.39 Å². The monoisotopic (exact) mass is 291 g/mol. The van der Waals surface area contributed by atoms with Crippen LogP contribution < -0.4 is 5.32 Å². The highest BCUT2D eigenvalue weighted by molar-refractivity contribution is 6.02. The van der Waals surface area contributed by atoms with E-state index in [0.29, 0.717) is 30.5 Å². The van der Waals surface area contributed by atoms with Gasteiger partial charge >= 0.3 is 0 Å². The summed E-state index contributed by atoms with van der Waals surface area (Å²) >= 11 is 0. The molecular formula is C15H18FN3O2. The molecule has 2 heterocycles. The molecule has 1 aromatic heterocycles. The van der Waals surface area contributed by atoms with Crippen molar-refractivity contribution in [3.05, 3.63) is 29.2 Å². The maximum absolute atomic E-state index is 13.9. The van der Waals surface area contributed by atoms with Gasteiger partial charge in [0.1, 0.15) is 5.82 Å². The Bertz CT molecular complexity index is 757. The van der Waals surface area contributed by atoms with Gasteiger partial charge in [0.2, 0.25) is 11.8 Å². The topological polar surface area (TPSA) is 64.0 Å². The van der Waals surface area contributed by atoms with Crippen LogP contribution in [-0.2, 0) is 23.1 Å². The van der Waals surface area contributed by atoms with Crippen molar-refractivity contribution in [3.8, 4) is 0 Å². The Morgan fingerprint density at radius 2 is 2.24 bits per heavy atom. The highest BCUT2D eigenvalue weighted by Crippen LogP contribution is 2.32. The lowest BCUT2D eigenvalue weighted by molar-refractivity contribution is -0.134. The standard InChI is InChI=1S/C15H16FN3O2.H2/c1-3-8-11(16)6-4-9-13(18-19(2)14(8)9)10-5-7-12(20)17-15(10)21;/h4,6,10H,3,5,7H2,1-2H3,(H,17,20,21);1H. The van der Waals surface area contributed by atoms with Gasteiger partial charge in [0, 0.05) is 25.8 Å². The first-order chi connectivity index (χ1) is 10.0. The van der Waals surface area contributed by atoms with Gasteiger partial charge < -0.3 is 0 Å². The quantitative estimate of drug-likeness (QED) is 0.861. The fraction of sp³-hybridized carbons (Fsp3) is 0.400. The Morgan fingerprint density at radius 3 is 2.90 bits per heavy atom. The second-order valence-corrected chi connectivity index (χ2v) is 5.29. The maximum Gasteiger partial charge on any atom is 0.235 e. The second-order valence-electron chi connectivity index (χ2n) is 5.29. The molecule has 0 bridgehead atoms. The van der Waals surface area contributed by atoms with Crippen LogP contribution in [0.2, 0.25) is 0 Å². The highest BCUT2D eigenvalue weighted by atomic mass is 19.1. The number of aryl methyl sites for hydroxylation is 2. The van der Waals surface area contributed by atoms with Gasteiger partial charge in [-0.15, -0.1) is 0 Å². The largest absolute Gasteiger partial charge is 0.296 e. The number of imide groups is 1. The van der Waals surface area contributed by atoms with Gasteiger partial charge in [0.15, 0.2) is 0 Å². The van der Waals surface area contributed by atoms with E-state index in [-0.39, 0.29) is 19.1 Å².